The normalized spacial score (nSPS) is 16.1. The fourth-order valence-electron chi connectivity index (χ4n) is 3.42. The molecule has 1 unspecified atom stereocenters. The minimum Gasteiger partial charge on any atom is -0.497 e. The van der Waals surface area contributed by atoms with E-state index in [4.69, 9.17) is 9.47 Å². The zero-order chi connectivity index (χ0) is 18.4. The summed E-state index contributed by atoms with van der Waals surface area (Å²) in [6, 6.07) is 7.63. The first-order valence-electron chi connectivity index (χ1n) is 8.99. The molecule has 1 fully saturated rings. The van der Waals surface area contributed by atoms with E-state index in [0.717, 1.165) is 13.1 Å². The molecule has 1 aromatic heterocycles. The quantitative estimate of drug-likeness (QED) is 0.802. The van der Waals surface area contributed by atoms with Crippen molar-refractivity contribution in [2.45, 2.75) is 25.3 Å². The number of nitrogens with one attached hydrogen (secondary N) is 1. The lowest BCUT2D eigenvalue weighted by Crippen LogP contribution is -2.40. The van der Waals surface area contributed by atoms with Crippen LogP contribution < -0.4 is 14.8 Å². The van der Waals surface area contributed by atoms with Crippen LogP contribution in [0.15, 0.2) is 35.0 Å². The van der Waals surface area contributed by atoms with Crippen LogP contribution >= 0.6 is 11.3 Å². The molecule has 3 rings (SSSR count). The van der Waals surface area contributed by atoms with Crippen molar-refractivity contribution in [2.24, 2.45) is 0 Å². The van der Waals surface area contributed by atoms with Crippen LogP contribution in [0.3, 0.4) is 0 Å². The predicted molar refractivity (Wildman–Crippen MR) is 104 cm³/mol. The first kappa shape index (κ1) is 18.7. The number of carbonyl (C=O) groups is 1. The molecular formula is C20H26N2O3S. The highest BCUT2D eigenvalue weighted by atomic mass is 32.1. The summed E-state index contributed by atoms with van der Waals surface area (Å²) in [5, 5.41) is 7.38. The van der Waals surface area contributed by atoms with E-state index in [1.807, 2.05) is 0 Å². The third-order valence-electron chi connectivity index (χ3n) is 4.87. The number of nitrogens with zero attached hydrogens (tertiary/aromatic N) is 1. The second-order valence-electron chi connectivity index (χ2n) is 6.45. The predicted octanol–water partition coefficient (Wildman–Crippen LogP) is 3.72. The molecule has 1 aliphatic rings. The van der Waals surface area contributed by atoms with E-state index in [9.17, 15) is 4.79 Å². The van der Waals surface area contributed by atoms with Gasteiger partial charge in [-0.3, -0.25) is 9.69 Å². The average molecular weight is 375 g/mol. The minimum atomic E-state index is -0.123. The minimum absolute atomic E-state index is 0.123. The monoisotopic (exact) mass is 374 g/mol. The summed E-state index contributed by atoms with van der Waals surface area (Å²) in [5.41, 5.74) is 1.80. The zero-order valence-corrected chi connectivity index (χ0v) is 16.2. The molecule has 1 aromatic carbocycles. The molecule has 2 heterocycles. The maximum Gasteiger partial charge on any atom is 0.255 e. The number of rotatable bonds is 7. The second-order valence-corrected chi connectivity index (χ2v) is 7.23. The lowest BCUT2D eigenvalue weighted by Gasteiger charge is -2.34. The third-order valence-corrected chi connectivity index (χ3v) is 5.57. The number of hydrogen-bond acceptors (Lipinski definition) is 5. The van der Waals surface area contributed by atoms with Crippen molar-refractivity contribution in [3.8, 4) is 11.5 Å². The van der Waals surface area contributed by atoms with Crippen LogP contribution in [0, 0.1) is 0 Å². The van der Waals surface area contributed by atoms with Gasteiger partial charge in [0.2, 0.25) is 0 Å². The van der Waals surface area contributed by atoms with E-state index < -0.39 is 0 Å². The van der Waals surface area contributed by atoms with Crippen LogP contribution in [-0.2, 0) is 0 Å². The summed E-state index contributed by atoms with van der Waals surface area (Å²) in [6.45, 7) is 2.76. The third kappa shape index (κ3) is 4.37. The number of thiophene rings is 1. The van der Waals surface area contributed by atoms with Gasteiger partial charge >= 0.3 is 0 Å². The molecular weight excluding hydrogens is 348 g/mol. The molecule has 2 aromatic rings. The van der Waals surface area contributed by atoms with Gasteiger partial charge in [-0.1, -0.05) is 6.42 Å². The van der Waals surface area contributed by atoms with Crippen molar-refractivity contribution < 1.29 is 14.3 Å². The molecule has 0 radical (unpaired) electrons. The molecule has 0 saturated carbocycles. The van der Waals surface area contributed by atoms with E-state index in [-0.39, 0.29) is 11.9 Å². The molecule has 26 heavy (non-hydrogen) atoms. The molecule has 6 heteroatoms. The van der Waals surface area contributed by atoms with E-state index in [1.54, 1.807) is 43.8 Å². The topological polar surface area (TPSA) is 50.8 Å². The number of hydrogen-bond donors (Lipinski definition) is 1. The van der Waals surface area contributed by atoms with Crippen LogP contribution in [0.4, 0.5) is 0 Å². The molecule has 5 nitrogen and oxygen atoms in total. The zero-order valence-electron chi connectivity index (χ0n) is 15.4. The molecule has 0 bridgehead atoms. The Morgan fingerprint density at radius 1 is 1.19 bits per heavy atom. The number of methoxy groups -OCH3 is 2. The first-order chi connectivity index (χ1) is 12.7. The van der Waals surface area contributed by atoms with Gasteiger partial charge in [0.05, 0.1) is 25.8 Å². The molecule has 0 aliphatic carbocycles. The summed E-state index contributed by atoms with van der Waals surface area (Å²) < 4.78 is 10.6. The highest BCUT2D eigenvalue weighted by Crippen LogP contribution is 2.27. The van der Waals surface area contributed by atoms with Crippen LogP contribution in [0.25, 0.3) is 0 Å². The Labute approximate surface area is 158 Å². The van der Waals surface area contributed by atoms with Gasteiger partial charge in [-0.15, -0.1) is 0 Å². The largest absolute Gasteiger partial charge is 0.497 e. The highest BCUT2D eigenvalue weighted by molar-refractivity contribution is 7.07. The Bertz CT molecular complexity index is 712. The van der Waals surface area contributed by atoms with Gasteiger partial charge in [0, 0.05) is 12.6 Å². The van der Waals surface area contributed by atoms with Crippen molar-refractivity contribution in [3.63, 3.8) is 0 Å². The highest BCUT2D eigenvalue weighted by Gasteiger charge is 2.24. The van der Waals surface area contributed by atoms with Gasteiger partial charge in [0.25, 0.3) is 5.91 Å². The SMILES string of the molecule is COc1ccc(C(=O)NCC(c2ccsc2)N2CCCCC2)c(OC)c1. The Kier molecular flexibility index (Phi) is 6.52. The number of piperidine rings is 1. The van der Waals surface area contributed by atoms with Crippen molar-refractivity contribution in [3.05, 3.63) is 46.2 Å². The molecule has 1 saturated heterocycles. The van der Waals surface area contributed by atoms with Crippen molar-refractivity contribution >= 4 is 17.2 Å². The van der Waals surface area contributed by atoms with E-state index in [1.165, 1.54) is 24.8 Å². The first-order valence-corrected chi connectivity index (χ1v) is 9.93. The smallest absolute Gasteiger partial charge is 0.255 e. The Balaban J connectivity index is 1.71. The standard InChI is InChI=1S/C20H26N2O3S/c1-24-16-6-7-17(19(12-16)25-2)20(23)21-13-18(15-8-11-26-14-15)22-9-4-3-5-10-22/h6-8,11-12,14,18H,3-5,9-10,13H2,1-2H3,(H,21,23). The van der Waals surface area contributed by atoms with E-state index >= 15 is 0 Å². The summed E-state index contributed by atoms with van der Waals surface area (Å²) in [6.07, 6.45) is 3.74. The average Bonchev–Trinajstić information content (AvgIpc) is 3.22. The number of amides is 1. The molecule has 1 amide bonds. The van der Waals surface area contributed by atoms with Crippen molar-refractivity contribution in [2.75, 3.05) is 33.9 Å². The molecule has 1 N–H and O–H groups in total. The number of carbonyl (C=O) groups excluding carboxylic acids is 1. The van der Waals surface area contributed by atoms with Crippen molar-refractivity contribution in [1.29, 1.82) is 0 Å². The summed E-state index contributed by atoms with van der Waals surface area (Å²) in [5.74, 6) is 1.07. The maximum absolute atomic E-state index is 12.7. The summed E-state index contributed by atoms with van der Waals surface area (Å²) >= 11 is 1.70. The van der Waals surface area contributed by atoms with E-state index in [0.29, 0.717) is 23.6 Å². The fraction of sp³-hybridized carbons (Fsp3) is 0.450. The maximum atomic E-state index is 12.7. The van der Waals surface area contributed by atoms with Gasteiger partial charge in [0.15, 0.2) is 0 Å². The van der Waals surface area contributed by atoms with Crippen LogP contribution in [0.5, 0.6) is 11.5 Å². The van der Waals surface area contributed by atoms with Gasteiger partial charge in [0.1, 0.15) is 11.5 Å². The summed E-state index contributed by atoms with van der Waals surface area (Å²) in [7, 11) is 3.16. The van der Waals surface area contributed by atoms with Crippen molar-refractivity contribution in [1.82, 2.24) is 10.2 Å². The van der Waals surface area contributed by atoms with E-state index in [2.05, 4.69) is 27.0 Å². The van der Waals surface area contributed by atoms with Crippen LogP contribution in [0.1, 0.15) is 41.2 Å². The van der Waals surface area contributed by atoms with Crippen LogP contribution in [-0.4, -0.2) is 44.7 Å². The Hall–Kier alpha value is -2.05. The molecule has 1 atom stereocenters. The lowest BCUT2D eigenvalue weighted by molar-refractivity contribution is 0.0921. The van der Waals surface area contributed by atoms with Gasteiger partial charge in [-0.25, -0.2) is 0 Å². The molecule has 1 aliphatic heterocycles. The summed E-state index contributed by atoms with van der Waals surface area (Å²) in [4.78, 5) is 15.2. The van der Waals surface area contributed by atoms with Gasteiger partial charge in [-0.2, -0.15) is 11.3 Å². The van der Waals surface area contributed by atoms with Crippen LogP contribution in [0.2, 0.25) is 0 Å². The lowest BCUT2D eigenvalue weighted by atomic mass is 10.0. The Morgan fingerprint density at radius 3 is 2.65 bits per heavy atom. The second kappa shape index (κ2) is 9.05. The molecule has 140 valence electrons. The number of benzene rings is 1. The number of likely N-dealkylation sites (tertiary alicyclic amines) is 1. The Morgan fingerprint density at radius 2 is 2.00 bits per heavy atom. The van der Waals surface area contributed by atoms with Gasteiger partial charge in [-0.05, 0) is 60.5 Å². The molecule has 0 spiro atoms. The van der Waals surface area contributed by atoms with Gasteiger partial charge < -0.3 is 14.8 Å². The fourth-order valence-corrected chi connectivity index (χ4v) is 4.13. The number of ether oxygens (including phenoxy) is 2.